The van der Waals surface area contributed by atoms with E-state index in [0.717, 1.165) is 6.54 Å². The molecule has 1 aromatic heterocycles. The van der Waals surface area contributed by atoms with Crippen LogP contribution in [0.4, 0.5) is 5.69 Å². The fraction of sp³-hybridized carbons (Fsp3) is 0.261. The van der Waals surface area contributed by atoms with Gasteiger partial charge in [-0.2, -0.15) is 4.57 Å². The van der Waals surface area contributed by atoms with Gasteiger partial charge in [-0.1, -0.05) is 41.7 Å². The highest BCUT2D eigenvalue weighted by molar-refractivity contribution is 7.18. The van der Waals surface area contributed by atoms with E-state index in [0.29, 0.717) is 0 Å². The Labute approximate surface area is 160 Å². The molecule has 0 aliphatic carbocycles. The molecule has 0 aliphatic heterocycles. The number of fused-ring (bicyclic) bond motifs is 1. The first-order valence-electron chi connectivity index (χ1n) is 9.06. The second-order valence-corrected chi connectivity index (χ2v) is 7.82. The molecule has 0 aliphatic rings. The monoisotopic (exact) mass is 363 g/mol. The first-order valence-corrected chi connectivity index (χ1v) is 9.87. The zero-order chi connectivity index (χ0) is 18.7. The van der Waals surface area contributed by atoms with Crippen LogP contribution in [-0.4, -0.2) is 14.1 Å². The molecule has 3 aromatic rings. The van der Waals surface area contributed by atoms with Crippen molar-refractivity contribution in [3.05, 3.63) is 70.2 Å². The summed E-state index contributed by atoms with van der Waals surface area (Å²) < 4.78 is 3.70. The number of thiazole rings is 1. The minimum absolute atomic E-state index is 0.984. The van der Waals surface area contributed by atoms with Gasteiger partial charge in [0.05, 0.1) is 0 Å². The molecule has 0 spiro atoms. The quantitative estimate of drug-likeness (QED) is 0.422. The number of aryl methyl sites for hydroxylation is 3. The summed E-state index contributed by atoms with van der Waals surface area (Å²) in [6, 6.07) is 13.1. The van der Waals surface area contributed by atoms with Gasteiger partial charge < -0.3 is 4.90 Å². The smallest absolute Gasteiger partial charge is 0.262 e. The van der Waals surface area contributed by atoms with E-state index >= 15 is 0 Å². The van der Waals surface area contributed by atoms with Gasteiger partial charge in [0.25, 0.3) is 5.01 Å². The lowest BCUT2D eigenvalue weighted by atomic mass is 10.0. The number of allylic oxidation sites excluding steroid dienone is 2. The number of nitrogens with zero attached hydrogens (tertiary/aromatic N) is 2. The zero-order valence-electron chi connectivity index (χ0n) is 16.3. The number of aromatic nitrogens is 1. The van der Waals surface area contributed by atoms with Crippen molar-refractivity contribution in [3.8, 4) is 0 Å². The predicted octanol–water partition coefficient (Wildman–Crippen LogP) is 5.62. The van der Waals surface area contributed by atoms with E-state index in [1.807, 2.05) is 11.3 Å². The molecular formula is C23H27N2S+. The average Bonchev–Trinajstić information content (AvgIpc) is 2.97. The number of para-hydroxylation sites is 1. The van der Waals surface area contributed by atoms with Gasteiger partial charge in [0, 0.05) is 31.9 Å². The van der Waals surface area contributed by atoms with E-state index in [1.54, 1.807) is 0 Å². The zero-order valence-corrected chi connectivity index (χ0v) is 17.1. The lowest BCUT2D eigenvalue weighted by Crippen LogP contribution is -2.33. The number of anilines is 1. The molecule has 0 unspecified atom stereocenters. The molecule has 0 amide bonds. The fourth-order valence-electron chi connectivity index (χ4n) is 3.27. The topological polar surface area (TPSA) is 7.12 Å². The van der Waals surface area contributed by atoms with Gasteiger partial charge in [0.1, 0.15) is 11.2 Å². The highest BCUT2D eigenvalue weighted by atomic mass is 32.1. The number of rotatable bonds is 5. The normalized spacial score (nSPS) is 11.9. The van der Waals surface area contributed by atoms with Gasteiger partial charge in [0.15, 0.2) is 0 Å². The maximum absolute atomic E-state index is 2.37. The summed E-state index contributed by atoms with van der Waals surface area (Å²) in [4.78, 5) is 2.15. The summed E-state index contributed by atoms with van der Waals surface area (Å²) >= 11 is 1.84. The van der Waals surface area contributed by atoms with Gasteiger partial charge in [-0.05, 0) is 55.7 Å². The van der Waals surface area contributed by atoms with Crippen molar-refractivity contribution >= 4 is 39.4 Å². The van der Waals surface area contributed by atoms with E-state index in [-0.39, 0.29) is 0 Å². The van der Waals surface area contributed by atoms with E-state index < -0.39 is 0 Å². The lowest BCUT2D eigenvalue weighted by molar-refractivity contribution is -0.665. The molecular weight excluding hydrogens is 336 g/mol. The average molecular weight is 364 g/mol. The van der Waals surface area contributed by atoms with Gasteiger partial charge in [-0.25, -0.2) is 0 Å². The third-order valence-corrected chi connectivity index (χ3v) is 5.79. The molecule has 0 N–H and O–H groups in total. The minimum Gasteiger partial charge on any atom is -0.378 e. The molecule has 0 saturated heterocycles. The van der Waals surface area contributed by atoms with Crippen LogP contribution in [0.5, 0.6) is 0 Å². The van der Waals surface area contributed by atoms with Crippen LogP contribution in [0, 0.1) is 13.8 Å². The van der Waals surface area contributed by atoms with Crippen LogP contribution >= 0.6 is 11.3 Å². The molecule has 26 heavy (non-hydrogen) atoms. The van der Waals surface area contributed by atoms with Crippen LogP contribution in [0.1, 0.15) is 28.6 Å². The molecule has 1 heterocycles. The van der Waals surface area contributed by atoms with Crippen molar-refractivity contribution in [1.29, 1.82) is 0 Å². The highest BCUT2D eigenvalue weighted by Gasteiger charge is 2.15. The Kier molecular flexibility index (Phi) is 5.58. The maximum atomic E-state index is 2.37. The summed E-state index contributed by atoms with van der Waals surface area (Å²) in [6.07, 6.45) is 8.72. The largest absolute Gasteiger partial charge is 0.378 e. The van der Waals surface area contributed by atoms with Crippen molar-refractivity contribution in [2.45, 2.75) is 27.3 Å². The molecule has 2 aromatic carbocycles. The molecule has 2 nitrogen and oxygen atoms in total. The number of hydrogen-bond donors (Lipinski definition) is 0. The number of hydrogen-bond acceptors (Lipinski definition) is 2. The van der Waals surface area contributed by atoms with Crippen LogP contribution in [-0.2, 0) is 6.54 Å². The molecule has 0 fully saturated rings. The van der Waals surface area contributed by atoms with Crippen molar-refractivity contribution in [1.82, 2.24) is 0 Å². The van der Waals surface area contributed by atoms with Crippen LogP contribution in [0.2, 0.25) is 0 Å². The summed E-state index contributed by atoms with van der Waals surface area (Å²) in [5.41, 5.74) is 6.49. The van der Waals surface area contributed by atoms with E-state index in [2.05, 4.69) is 105 Å². The van der Waals surface area contributed by atoms with E-state index in [4.69, 9.17) is 0 Å². The van der Waals surface area contributed by atoms with Crippen LogP contribution in [0.15, 0.2) is 48.6 Å². The third kappa shape index (κ3) is 3.73. The molecule has 3 rings (SSSR count). The molecule has 0 atom stereocenters. The number of benzene rings is 2. The second kappa shape index (κ2) is 7.88. The first-order chi connectivity index (χ1) is 12.5. The summed E-state index contributed by atoms with van der Waals surface area (Å²) in [7, 11) is 4.17. The van der Waals surface area contributed by atoms with Gasteiger partial charge in [-0.3, -0.25) is 0 Å². The Morgan fingerprint density at radius 1 is 1.00 bits per heavy atom. The molecule has 0 saturated carbocycles. The van der Waals surface area contributed by atoms with Gasteiger partial charge in [0.2, 0.25) is 5.52 Å². The lowest BCUT2D eigenvalue weighted by Gasteiger charge is -2.16. The Morgan fingerprint density at radius 3 is 2.31 bits per heavy atom. The van der Waals surface area contributed by atoms with Crippen LogP contribution < -0.4 is 9.47 Å². The van der Waals surface area contributed by atoms with Gasteiger partial charge >= 0.3 is 0 Å². The SMILES string of the molecule is CC[n+]1c(/C=C/C=C/c2c(C)cc(N(C)C)cc2C)sc2ccccc21. The Balaban J connectivity index is 1.85. The Hall–Kier alpha value is -2.39. The molecule has 3 heteroatoms. The first kappa shape index (κ1) is 18.4. The summed E-state index contributed by atoms with van der Waals surface area (Å²) in [5, 5.41) is 1.29. The van der Waals surface area contributed by atoms with Crippen molar-refractivity contribution in [2.75, 3.05) is 19.0 Å². The minimum atomic E-state index is 0.984. The molecule has 0 radical (unpaired) electrons. The van der Waals surface area contributed by atoms with Gasteiger partial charge in [-0.15, -0.1) is 0 Å². The Morgan fingerprint density at radius 2 is 1.65 bits per heavy atom. The third-order valence-electron chi connectivity index (χ3n) is 4.66. The molecule has 134 valence electrons. The second-order valence-electron chi connectivity index (χ2n) is 6.76. The van der Waals surface area contributed by atoms with Crippen molar-refractivity contribution in [3.63, 3.8) is 0 Å². The fourth-order valence-corrected chi connectivity index (χ4v) is 4.40. The highest BCUT2D eigenvalue weighted by Crippen LogP contribution is 2.24. The standard InChI is InChI=1S/C23H27N2S/c1-6-25-21-12-8-9-13-22(21)26-23(25)14-10-7-11-20-17(2)15-19(24(4)5)16-18(20)3/h7-16H,6H2,1-5H3/q+1. The summed E-state index contributed by atoms with van der Waals surface area (Å²) in [6.45, 7) is 7.55. The van der Waals surface area contributed by atoms with Crippen molar-refractivity contribution < 1.29 is 4.57 Å². The van der Waals surface area contributed by atoms with Crippen LogP contribution in [0.3, 0.4) is 0 Å². The maximum Gasteiger partial charge on any atom is 0.262 e. The van der Waals surface area contributed by atoms with E-state index in [9.17, 15) is 0 Å². The predicted molar refractivity (Wildman–Crippen MR) is 116 cm³/mol. The van der Waals surface area contributed by atoms with Crippen molar-refractivity contribution in [2.24, 2.45) is 0 Å². The van der Waals surface area contributed by atoms with E-state index in [1.165, 1.54) is 37.6 Å². The molecule has 0 bridgehead atoms. The summed E-state index contributed by atoms with van der Waals surface area (Å²) in [5.74, 6) is 0. The Bertz CT molecular complexity index is 954. The van der Waals surface area contributed by atoms with Crippen LogP contribution in [0.25, 0.3) is 22.4 Å².